The number of benzene rings is 5. The van der Waals surface area contributed by atoms with E-state index in [0.717, 1.165) is 35.1 Å². The van der Waals surface area contributed by atoms with Gasteiger partial charge in [-0.25, -0.2) is 4.39 Å². The second-order valence-corrected chi connectivity index (χ2v) is 24.4. The molecule has 4 atom stereocenters. The molecule has 0 saturated carbocycles. The molecule has 77 heavy (non-hydrogen) atoms. The molecule has 0 saturated heterocycles. The SMILES string of the molecule is C.CC1=NC(C(C)(C)C)C(c2ccccc2)=CN1.CC1=NC(C(C)(C)C)C(c2ccccc2)=CN1.CCC1=NC(C(C)(C)C)C(c2ccccc2)=CN1.Cc1cccc(C2=CNC(c3cccc(F)c3)=NC2C(C)(C)C)c1. The van der Waals surface area contributed by atoms with E-state index in [1.54, 1.807) is 6.07 Å². The highest BCUT2D eigenvalue weighted by molar-refractivity contribution is 6.02. The van der Waals surface area contributed by atoms with Gasteiger partial charge in [0.05, 0.1) is 35.8 Å². The van der Waals surface area contributed by atoms with Crippen molar-refractivity contribution in [3.05, 3.63) is 204 Å². The number of hydrogen-bond acceptors (Lipinski definition) is 8. The molecule has 4 N–H and O–H groups in total. The third-order valence-electron chi connectivity index (χ3n) is 13.4. The van der Waals surface area contributed by atoms with Crippen molar-refractivity contribution in [2.75, 3.05) is 0 Å². The van der Waals surface area contributed by atoms with Gasteiger partial charge in [-0.1, -0.05) is 230 Å². The summed E-state index contributed by atoms with van der Waals surface area (Å²) in [6, 6.07) is 47.1. The lowest BCUT2D eigenvalue weighted by Crippen LogP contribution is -2.35. The molecule has 4 unspecified atom stereocenters. The number of aliphatic imine (C=N–C) groups is 4. The fraction of sp³-hybridized carbons (Fsp3) is 0.382. The molecule has 0 spiro atoms. The fourth-order valence-corrected chi connectivity index (χ4v) is 9.40. The molecule has 8 nitrogen and oxygen atoms in total. The summed E-state index contributed by atoms with van der Waals surface area (Å²) in [7, 11) is 0. The summed E-state index contributed by atoms with van der Waals surface area (Å²) < 4.78 is 13.5. The van der Waals surface area contributed by atoms with Crippen LogP contribution in [-0.4, -0.2) is 47.5 Å². The van der Waals surface area contributed by atoms with Gasteiger partial charge in [0.15, 0.2) is 0 Å². The van der Waals surface area contributed by atoms with Crippen LogP contribution in [0, 0.1) is 34.4 Å². The van der Waals surface area contributed by atoms with Crippen LogP contribution in [0.25, 0.3) is 22.3 Å². The molecule has 9 rings (SSSR count). The summed E-state index contributed by atoms with van der Waals surface area (Å²) in [6.45, 7) is 34.9. The molecule has 9 heteroatoms. The first kappa shape index (κ1) is 60.7. The molecule has 408 valence electrons. The van der Waals surface area contributed by atoms with Gasteiger partial charge in [-0.15, -0.1) is 0 Å². The van der Waals surface area contributed by atoms with E-state index in [-0.39, 0.29) is 59.1 Å². The van der Waals surface area contributed by atoms with Crippen LogP contribution in [-0.2, 0) is 0 Å². The number of amidine groups is 4. The van der Waals surface area contributed by atoms with Crippen LogP contribution in [0.3, 0.4) is 0 Å². The highest BCUT2D eigenvalue weighted by Crippen LogP contribution is 2.39. The van der Waals surface area contributed by atoms with E-state index in [0.29, 0.717) is 5.84 Å². The van der Waals surface area contributed by atoms with Crippen molar-refractivity contribution in [1.29, 1.82) is 0 Å². The molecule has 4 aliphatic heterocycles. The first-order chi connectivity index (χ1) is 35.8. The maximum absolute atomic E-state index is 13.5. The minimum absolute atomic E-state index is 0. The average molecular weight is 1040 g/mol. The summed E-state index contributed by atoms with van der Waals surface area (Å²) >= 11 is 0. The Balaban J connectivity index is 0.000000191. The van der Waals surface area contributed by atoms with Crippen LogP contribution < -0.4 is 21.3 Å². The number of hydrogen-bond donors (Lipinski definition) is 4. The van der Waals surface area contributed by atoms with Crippen molar-refractivity contribution < 1.29 is 4.39 Å². The summed E-state index contributed by atoms with van der Waals surface area (Å²) in [5.74, 6) is 3.52. The Hall–Kier alpha value is -7.13. The van der Waals surface area contributed by atoms with Gasteiger partial charge in [0.2, 0.25) is 0 Å². The van der Waals surface area contributed by atoms with Crippen LogP contribution in [0.5, 0.6) is 0 Å². The second-order valence-electron chi connectivity index (χ2n) is 24.4. The molecule has 5 aromatic carbocycles. The standard InChI is InChI=1S/C21H23FN2.C16H22N2.2C15H20N2.CH4/c1-14-7-5-8-15(11-14)18-13-23-20(24-19(18)21(2,3)4)16-9-6-10-17(22)12-16;1-5-14-17-11-13(12-9-7-6-8-10-12)15(18-14)16(2,3)4;2*1-11-16-10-13(12-8-6-5-7-9-12)14(17-11)15(2,3)4;/h5-13,19H,1-4H3,(H,23,24);6-11,15H,5H2,1-4H3,(H,17,18);2*5-10,14H,1-4H3,(H,16,17);1H4. The lowest BCUT2D eigenvalue weighted by atomic mass is 9.79. The molecule has 4 aliphatic rings. The number of aryl methyl sites for hydroxylation is 1. The maximum atomic E-state index is 13.5. The molecule has 0 radical (unpaired) electrons. The molecule has 4 heterocycles. The highest BCUT2D eigenvalue weighted by Gasteiger charge is 2.34. The number of halogens is 1. The van der Waals surface area contributed by atoms with E-state index in [4.69, 9.17) is 20.0 Å². The fourth-order valence-electron chi connectivity index (χ4n) is 9.40. The van der Waals surface area contributed by atoms with Crippen molar-refractivity contribution in [2.45, 2.75) is 149 Å². The van der Waals surface area contributed by atoms with E-state index < -0.39 is 0 Å². The first-order valence-electron chi connectivity index (χ1n) is 26.9. The molecule has 5 aromatic rings. The van der Waals surface area contributed by atoms with Gasteiger partial charge in [-0.05, 0) is 76.8 Å². The summed E-state index contributed by atoms with van der Waals surface area (Å²) in [6.07, 6.45) is 9.27. The van der Waals surface area contributed by atoms with Crippen molar-refractivity contribution in [3.8, 4) is 0 Å². The molecule has 0 fully saturated rings. The zero-order valence-corrected chi connectivity index (χ0v) is 48.3. The van der Waals surface area contributed by atoms with Crippen LogP contribution in [0.1, 0.15) is 151 Å². The van der Waals surface area contributed by atoms with Gasteiger partial charge < -0.3 is 21.3 Å². The Labute approximate surface area is 463 Å². The Morgan fingerprint density at radius 3 is 1.14 bits per heavy atom. The highest BCUT2D eigenvalue weighted by atomic mass is 19.1. The zero-order valence-electron chi connectivity index (χ0n) is 48.3. The van der Waals surface area contributed by atoms with Crippen molar-refractivity contribution in [1.82, 2.24) is 21.3 Å². The largest absolute Gasteiger partial charge is 0.350 e. The Kier molecular flexibility index (Phi) is 20.7. The molecule has 0 aromatic heterocycles. The number of nitrogens with one attached hydrogen (secondary N) is 4. The quantitative estimate of drug-likeness (QED) is 0.136. The van der Waals surface area contributed by atoms with Crippen molar-refractivity contribution in [3.63, 3.8) is 0 Å². The van der Waals surface area contributed by atoms with Gasteiger partial charge in [-0.3, -0.25) is 20.0 Å². The van der Waals surface area contributed by atoms with Crippen LogP contribution in [0.15, 0.2) is 184 Å². The minimum Gasteiger partial charge on any atom is -0.350 e. The molecule has 0 aliphatic carbocycles. The van der Waals surface area contributed by atoms with Crippen LogP contribution >= 0.6 is 0 Å². The number of nitrogens with zero attached hydrogens (tertiary/aromatic N) is 4. The van der Waals surface area contributed by atoms with E-state index in [1.807, 2.05) is 44.3 Å². The molecular formula is C68H89FN8. The minimum atomic E-state index is -0.252. The van der Waals surface area contributed by atoms with Gasteiger partial charge >= 0.3 is 0 Å². The summed E-state index contributed by atoms with van der Waals surface area (Å²) in [4.78, 5) is 19.3. The van der Waals surface area contributed by atoms with Gasteiger partial charge in [0, 0.05) is 59.1 Å². The zero-order chi connectivity index (χ0) is 55.4. The second kappa shape index (κ2) is 26.3. The van der Waals surface area contributed by atoms with Gasteiger partial charge in [0.25, 0.3) is 0 Å². The Morgan fingerprint density at radius 2 is 0.740 bits per heavy atom. The topological polar surface area (TPSA) is 97.6 Å². The lowest BCUT2D eigenvalue weighted by Gasteiger charge is -2.33. The van der Waals surface area contributed by atoms with E-state index in [1.165, 1.54) is 56.7 Å². The van der Waals surface area contributed by atoms with E-state index in [9.17, 15) is 4.39 Å². The first-order valence-corrected chi connectivity index (χ1v) is 26.9. The van der Waals surface area contributed by atoms with E-state index >= 15 is 0 Å². The Morgan fingerprint density at radius 1 is 0.390 bits per heavy atom. The van der Waals surface area contributed by atoms with Gasteiger partial charge in [0.1, 0.15) is 17.5 Å². The third kappa shape index (κ3) is 16.9. The summed E-state index contributed by atoms with van der Waals surface area (Å²) in [5, 5.41) is 13.0. The van der Waals surface area contributed by atoms with E-state index in [2.05, 4.69) is 234 Å². The Bertz CT molecular complexity index is 2890. The lowest BCUT2D eigenvalue weighted by molar-refractivity contribution is 0.372. The predicted octanol–water partition coefficient (Wildman–Crippen LogP) is 16.4. The molecular weight excluding hydrogens is 948 g/mol. The maximum Gasteiger partial charge on any atom is 0.133 e. The molecule has 0 amide bonds. The molecule has 0 bridgehead atoms. The van der Waals surface area contributed by atoms with Crippen molar-refractivity contribution >= 4 is 45.6 Å². The van der Waals surface area contributed by atoms with Crippen molar-refractivity contribution in [2.24, 2.45) is 41.6 Å². The van der Waals surface area contributed by atoms with Gasteiger partial charge in [-0.2, -0.15) is 0 Å². The third-order valence-corrected chi connectivity index (χ3v) is 13.4. The van der Waals surface area contributed by atoms with Crippen LogP contribution in [0.2, 0.25) is 0 Å². The normalized spacial score (nSPS) is 19.2. The average Bonchev–Trinajstić information content (AvgIpc) is 3.39. The van der Waals surface area contributed by atoms with Crippen LogP contribution in [0.4, 0.5) is 4.39 Å². The number of rotatable bonds is 6. The smallest absolute Gasteiger partial charge is 0.133 e. The monoisotopic (exact) mass is 1040 g/mol. The summed E-state index contributed by atoms with van der Waals surface area (Å²) in [5.41, 5.74) is 12.2. The predicted molar refractivity (Wildman–Crippen MR) is 332 cm³/mol.